The first kappa shape index (κ1) is 12.8. The summed E-state index contributed by atoms with van der Waals surface area (Å²) in [5.74, 6) is 1.47. The van der Waals surface area contributed by atoms with Gasteiger partial charge in [-0.25, -0.2) is 4.98 Å². The average molecular weight is 307 g/mol. The molecule has 0 amide bonds. The lowest BCUT2D eigenvalue weighted by Crippen LogP contribution is -2.06. The molecule has 0 aliphatic rings. The fourth-order valence-corrected chi connectivity index (χ4v) is 1.99. The van der Waals surface area contributed by atoms with Crippen LogP contribution in [0.3, 0.4) is 0 Å². The summed E-state index contributed by atoms with van der Waals surface area (Å²) in [6.45, 7) is 2.71. The summed E-state index contributed by atoms with van der Waals surface area (Å²) in [6.07, 6.45) is 1.81. The van der Waals surface area contributed by atoms with Gasteiger partial charge in [-0.1, -0.05) is 34.1 Å². The predicted octanol–water partition coefficient (Wildman–Crippen LogP) is 3.20. The summed E-state index contributed by atoms with van der Waals surface area (Å²) < 4.78 is 1.10. The highest BCUT2D eigenvalue weighted by atomic mass is 79.9. The molecule has 0 radical (unpaired) electrons. The molecule has 94 valence electrons. The molecule has 0 fully saturated rings. The number of benzene rings is 1. The molecule has 0 unspecified atom stereocenters. The molecular weight excluding hydrogens is 292 g/mol. The second-order valence-electron chi connectivity index (χ2n) is 3.92. The smallest absolute Gasteiger partial charge is 0.224 e. The molecule has 5 heteroatoms. The highest BCUT2D eigenvalue weighted by molar-refractivity contribution is 9.10. The van der Waals surface area contributed by atoms with E-state index in [1.165, 1.54) is 5.56 Å². The number of aromatic nitrogens is 2. The second kappa shape index (κ2) is 5.82. The van der Waals surface area contributed by atoms with Crippen molar-refractivity contribution in [2.24, 2.45) is 0 Å². The minimum Gasteiger partial charge on any atom is -0.366 e. The Balaban J connectivity index is 2.13. The number of rotatable bonds is 4. The number of anilines is 2. The van der Waals surface area contributed by atoms with Gasteiger partial charge in [0.2, 0.25) is 5.95 Å². The summed E-state index contributed by atoms with van der Waals surface area (Å²) in [7, 11) is 1.81. The van der Waals surface area contributed by atoms with Crippen LogP contribution >= 0.6 is 15.9 Å². The van der Waals surface area contributed by atoms with Crippen LogP contribution in [-0.4, -0.2) is 17.0 Å². The lowest BCUT2D eigenvalue weighted by Gasteiger charge is -2.10. The highest BCUT2D eigenvalue weighted by Crippen LogP contribution is 2.18. The molecule has 0 saturated heterocycles. The summed E-state index contributed by atoms with van der Waals surface area (Å²) in [4.78, 5) is 8.55. The van der Waals surface area contributed by atoms with Crippen LogP contribution in [0.2, 0.25) is 0 Å². The molecule has 1 aromatic carbocycles. The van der Waals surface area contributed by atoms with Gasteiger partial charge in [0.15, 0.2) is 0 Å². The van der Waals surface area contributed by atoms with Crippen molar-refractivity contribution in [3.63, 3.8) is 0 Å². The molecule has 1 heterocycles. The Kier molecular flexibility index (Phi) is 4.15. The topological polar surface area (TPSA) is 49.8 Å². The molecule has 18 heavy (non-hydrogen) atoms. The molecule has 0 aliphatic carbocycles. The molecular formula is C13H15BrN4. The zero-order valence-corrected chi connectivity index (χ0v) is 12.0. The first-order chi connectivity index (χ1) is 8.70. The number of nitrogens with one attached hydrogen (secondary N) is 2. The van der Waals surface area contributed by atoms with Crippen LogP contribution < -0.4 is 10.6 Å². The average Bonchev–Trinajstić information content (AvgIpc) is 2.39. The van der Waals surface area contributed by atoms with Crippen molar-refractivity contribution < 1.29 is 0 Å². The lowest BCUT2D eigenvalue weighted by atomic mass is 10.2. The van der Waals surface area contributed by atoms with Crippen molar-refractivity contribution in [2.45, 2.75) is 13.5 Å². The van der Waals surface area contributed by atoms with Gasteiger partial charge in [0.1, 0.15) is 5.82 Å². The number of hydrogen-bond donors (Lipinski definition) is 2. The lowest BCUT2D eigenvalue weighted by molar-refractivity contribution is 1.05. The van der Waals surface area contributed by atoms with E-state index in [9.17, 15) is 0 Å². The van der Waals surface area contributed by atoms with E-state index in [0.29, 0.717) is 5.95 Å². The van der Waals surface area contributed by atoms with E-state index < -0.39 is 0 Å². The van der Waals surface area contributed by atoms with E-state index >= 15 is 0 Å². The Hall–Kier alpha value is -1.62. The summed E-state index contributed by atoms with van der Waals surface area (Å²) in [6, 6.07) is 8.13. The summed E-state index contributed by atoms with van der Waals surface area (Å²) >= 11 is 3.53. The Morgan fingerprint density at radius 2 is 2.06 bits per heavy atom. The van der Waals surface area contributed by atoms with Crippen LogP contribution in [0.5, 0.6) is 0 Å². The molecule has 0 spiro atoms. The molecule has 2 aromatic rings. The second-order valence-corrected chi connectivity index (χ2v) is 4.77. The minimum absolute atomic E-state index is 0.621. The van der Waals surface area contributed by atoms with Crippen LogP contribution in [-0.2, 0) is 6.54 Å². The highest BCUT2D eigenvalue weighted by Gasteiger charge is 2.04. The largest absolute Gasteiger partial charge is 0.366 e. The number of nitrogens with zero attached hydrogens (tertiary/aromatic N) is 2. The molecule has 0 atom stereocenters. The molecule has 0 aliphatic heterocycles. The van der Waals surface area contributed by atoms with Crippen LogP contribution in [0.25, 0.3) is 0 Å². The maximum absolute atomic E-state index is 4.39. The van der Waals surface area contributed by atoms with Gasteiger partial charge >= 0.3 is 0 Å². The van der Waals surface area contributed by atoms with Gasteiger partial charge in [0.05, 0.1) is 0 Å². The van der Waals surface area contributed by atoms with Crippen LogP contribution in [0.4, 0.5) is 11.8 Å². The maximum Gasteiger partial charge on any atom is 0.224 e. The number of aryl methyl sites for hydroxylation is 1. The van der Waals surface area contributed by atoms with Crippen molar-refractivity contribution in [3.05, 3.63) is 46.1 Å². The number of halogens is 1. The Morgan fingerprint density at radius 3 is 2.78 bits per heavy atom. The molecule has 0 saturated carbocycles. The third kappa shape index (κ3) is 2.98. The van der Waals surface area contributed by atoms with Crippen molar-refractivity contribution in [2.75, 3.05) is 17.7 Å². The van der Waals surface area contributed by atoms with Crippen molar-refractivity contribution in [3.8, 4) is 0 Å². The third-order valence-corrected chi connectivity index (χ3v) is 3.37. The minimum atomic E-state index is 0.621. The van der Waals surface area contributed by atoms with E-state index in [1.807, 2.05) is 32.2 Å². The van der Waals surface area contributed by atoms with Crippen LogP contribution in [0.15, 0.2) is 34.9 Å². The van der Waals surface area contributed by atoms with Gasteiger partial charge in [-0.05, 0) is 18.6 Å². The maximum atomic E-state index is 4.39. The summed E-state index contributed by atoms with van der Waals surface area (Å²) in [5.41, 5.74) is 2.22. The quantitative estimate of drug-likeness (QED) is 0.911. The number of hydrogen-bond acceptors (Lipinski definition) is 4. The molecule has 2 rings (SSSR count). The standard InChI is InChI=1S/C13H15BrN4/c1-9-7-17-13(15-2)18-12(9)16-8-10-5-3-4-6-11(10)14/h3-7H,8H2,1-2H3,(H2,15,16,17,18). The van der Waals surface area contributed by atoms with Gasteiger partial charge in [-0.3, -0.25) is 0 Å². The Labute approximate surface area is 115 Å². The first-order valence-electron chi connectivity index (χ1n) is 5.69. The van der Waals surface area contributed by atoms with Gasteiger partial charge in [-0.2, -0.15) is 4.98 Å². The SMILES string of the molecule is CNc1ncc(C)c(NCc2ccccc2Br)n1. The van der Waals surface area contributed by atoms with Gasteiger partial charge < -0.3 is 10.6 Å². The van der Waals surface area contributed by atoms with E-state index in [-0.39, 0.29) is 0 Å². The van der Waals surface area contributed by atoms with Crippen LogP contribution in [0, 0.1) is 6.92 Å². The third-order valence-electron chi connectivity index (χ3n) is 2.60. The monoisotopic (exact) mass is 306 g/mol. The molecule has 1 aromatic heterocycles. The zero-order valence-electron chi connectivity index (χ0n) is 10.4. The van der Waals surface area contributed by atoms with Crippen molar-refractivity contribution >= 4 is 27.7 Å². The molecule has 0 bridgehead atoms. The van der Waals surface area contributed by atoms with E-state index in [0.717, 1.165) is 22.4 Å². The summed E-state index contributed by atoms with van der Waals surface area (Å²) in [5, 5.41) is 6.26. The van der Waals surface area contributed by atoms with Gasteiger partial charge in [0.25, 0.3) is 0 Å². The molecule has 2 N–H and O–H groups in total. The van der Waals surface area contributed by atoms with Gasteiger partial charge in [-0.15, -0.1) is 0 Å². The fraction of sp³-hybridized carbons (Fsp3) is 0.231. The fourth-order valence-electron chi connectivity index (χ4n) is 1.56. The normalized spacial score (nSPS) is 10.2. The van der Waals surface area contributed by atoms with Crippen molar-refractivity contribution in [1.29, 1.82) is 0 Å². The molecule has 4 nitrogen and oxygen atoms in total. The zero-order chi connectivity index (χ0) is 13.0. The Morgan fingerprint density at radius 1 is 1.28 bits per heavy atom. The van der Waals surface area contributed by atoms with E-state index in [4.69, 9.17) is 0 Å². The van der Waals surface area contributed by atoms with E-state index in [1.54, 1.807) is 6.20 Å². The predicted molar refractivity (Wildman–Crippen MR) is 77.8 cm³/mol. The first-order valence-corrected chi connectivity index (χ1v) is 6.48. The Bertz CT molecular complexity index is 542. The van der Waals surface area contributed by atoms with Crippen LogP contribution in [0.1, 0.15) is 11.1 Å². The van der Waals surface area contributed by atoms with Crippen molar-refractivity contribution in [1.82, 2.24) is 9.97 Å². The van der Waals surface area contributed by atoms with E-state index in [2.05, 4.69) is 42.6 Å². The van der Waals surface area contributed by atoms with Gasteiger partial charge in [0, 0.05) is 29.8 Å².